The zero-order valence-electron chi connectivity index (χ0n) is 15.4. The molecule has 0 saturated heterocycles. The van der Waals surface area contributed by atoms with Crippen LogP contribution in [0.5, 0.6) is 0 Å². The Morgan fingerprint density at radius 1 is 1.22 bits per heavy atom. The number of aromatic nitrogens is 2. The van der Waals surface area contributed by atoms with Crippen LogP contribution in [0.1, 0.15) is 28.1 Å². The van der Waals surface area contributed by atoms with Crippen molar-refractivity contribution in [3.63, 3.8) is 0 Å². The summed E-state index contributed by atoms with van der Waals surface area (Å²) in [6.07, 6.45) is 3.48. The lowest BCUT2D eigenvalue weighted by Gasteiger charge is -2.08. The van der Waals surface area contributed by atoms with Gasteiger partial charge >= 0.3 is 0 Å². The number of hydrogen-bond donors (Lipinski definition) is 0. The number of oxime groups is 1. The van der Waals surface area contributed by atoms with Crippen molar-refractivity contribution in [1.82, 2.24) is 9.55 Å². The third-order valence-electron chi connectivity index (χ3n) is 4.21. The Labute approximate surface area is 157 Å². The van der Waals surface area contributed by atoms with Crippen molar-refractivity contribution in [2.75, 3.05) is 0 Å². The summed E-state index contributed by atoms with van der Waals surface area (Å²) >= 11 is 0. The number of pyridine rings is 1. The number of nitro benzene ring substituents is 1. The lowest BCUT2D eigenvalue weighted by atomic mass is 10.2. The third-order valence-corrected chi connectivity index (χ3v) is 4.21. The second-order valence-electron chi connectivity index (χ2n) is 6.29. The minimum absolute atomic E-state index is 0.0363. The van der Waals surface area contributed by atoms with Crippen LogP contribution in [0.2, 0.25) is 0 Å². The van der Waals surface area contributed by atoms with Crippen LogP contribution in [0, 0.1) is 30.9 Å². The first-order valence-corrected chi connectivity index (χ1v) is 8.46. The van der Waals surface area contributed by atoms with E-state index in [9.17, 15) is 10.1 Å². The van der Waals surface area contributed by atoms with Crippen LogP contribution in [0.3, 0.4) is 0 Å². The van der Waals surface area contributed by atoms with Gasteiger partial charge in [0.05, 0.1) is 11.1 Å². The van der Waals surface area contributed by atoms with Gasteiger partial charge in [0.1, 0.15) is 12.4 Å². The van der Waals surface area contributed by atoms with Crippen LogP contribution in [0.15, 0.2) is 53.8 Å². The van der Waals surface area contributed by atoms with Crippen molar-refractivity contribution in [3.8, 4) is 5.82 Å². The lowest BCUT2D eigenvalue weighted by molar-refractivity contribution is -0.384. The molecule has 27 heavy (non-hydrogen) atoms. The maximum Gasteiger partial charge on any atom is 0.269 e. The molecule has 138 valence electrons. The molecule has 0 aliphatic carbocycles. The quantitative estimate of drug-likeness (QED) is 0.372. The van der Waals surface area contributed by atoms with Crippen molar-refractivity contribution >= 4 is 11.9 Å². The second-order valence-corrected chi connectivity index (χ2v) is 6.29. The maximum atomic E-state index is 10.8. The van der Waals surface area contributed by atoms with Gasteiger partial charge < -0.3 is 9.40 Å². The van der Waals surface area contributed by atoms with E-state index in [1.165, 1.54) is 12.1 Å². The Bertz CT molecular complexity index is 991. The Kier molecular flexibility index (Phi) is 5.30. The van der Waals surface area contributed by atoms with E-state index in [-0.39, 0.29) is 12.3 Å². The van der Waals surface area contributed by atoms with Crippen LogP contribution in [0.4, 0.5) is 5.69 Å². The van der Waals surface area contributed by atoms with Gasteiger partial charge in [-0.05, 0) is 44.0 Å². The topological polar surface area (TPSA) is 82.5 Å². The smallest absolute Gasteiger partial charge is 0.269 e. The fourth-order valence-electron chi connectivity index (χ4n) is 2.83. The van der Waals surface area contributed by atoms with E-state index in [1.807, 2.05) is 45.2 Å². The third kappa shape index (κ3) is 4.20. The van der Waals surface area contributed by atoms with Crippen molar-refractivity contribution < 1.29 is 9.76 Å². The molecule has 2 aromatic heterocycles. The minimum atomic E-state index is -0.430. The summed E-state index contributed by atoms with van der Waals surface area (Å²) < 4.78 is 2.06. The van der Waals surface area contributed by atoms with Crippen molar-refractivity contribution in [2.45, 2.75) is 27.4 Å². The number of aryl methyl sites for hydroxylation is 2. The van der Waals surface area contributed by atoms with Gasteiger partial charge in [0, 0.05) is 35.3 Å². The standard InChI is InChI=1S/C20H20N4O3/c1-14-7-8-20(21-11-14)23-15(2)9-18(16(23)3)12-22-27-13-17-5-4-6-19(10-17)24(25)26/h4-12H,13H2,1-3H3/b22-12-. The summed E-state index contributed by atoms with van der Waals surface area (Å²) in [4.78, 5) is 20.2. The zero-order valence-corrected chi connectivity index (χ0v) is 15.4. The monoisotopic (exact) mass is 364 g/mol. The Hall–Kier alpha value is -3.48. The molecule has 0 atom stereocenters. The van der Waals surface area contributed by atoms with Crippen LogP contribution >= 0.6 is 0 Å². The van der Waals surface area contributed by atoms with Crippen molar-refractivity contribution in [2.24, 2.45) is 5.16 Å². The first kappa shape index (κ1) is 18.3. The van der Waals surface area contributed by atoms with Gasteiger partial charge in [-0.3, -0.25) is 10.1 Å². The first-order chi connectivity index (χ1) is 13.0. The summed E-state index contributed by atoms with van der Waals surface area (Å²) in [5.74, 6) is 0.854. The van der Waals surface area contributed by atoms with Gasteiger partial charge in [-0.25, -0.2) is 4.98 Å². The molecule has 0 aliphatic rings. The van der Waals surface area contributed by atoms with E-state index < -0.39 is 4.92 Å². The zero-order chi connectivity index (χ0) is 19.4. The molecule has 7 nitrogen and oxygen atoms in total. The maximum absolute atomic E-state index is 10.8. The summed E-state index contributed by atoms with van der Waals surface area (Å²) in [6.45, 7) is 6.17. The number of rotatable bonds is 6. The van der Waals surface area contributed by atoms with Gasteiger partial charge in [0.15, 0.2) is 0 Å². The van der Waals surface area contributed by atoms with E-state index >= 15 is 0 Å². The lowest BCUT2D eigenvalue weighted by Crippen LogP contribution is -2.02. The molecule has 0 bridgehead atoms. The molecule has 1 aromatic carbocycles. The van der Waals surface area contributed by atoms with Gasteiger partial charge in [-0.1, -0.05) is 23.4 Å². The minimum Gasteiger partial charge on any atom is -0.391 e. The predicted octanol–water partition coefficient (Wildman–Crippen LogP) is 4.26. The van der Waals surface area contributed by atoms with Crippen LogP contribution in [-0.2, 0) is 11.4 Å². The van der Waals surface area contributed by atoms with E-state index in [0.717, 1.165) is 28.3 Å². The largest absolute Gasteiger partial charge is 0.391 e. The molecule has 0 aliphatic heterocycles. The number of non-ortho nitro benzene ring substituents is 1. The molecule has 0 N–H and O–H groups in total. The summed E-state index contributed by atoms with van der Waals surface area (Å²) in [6, 6.07) is 12.3. The van der Waals surface area contributed by atoms with E-state index in [4.69, 9.17) is 4.84 Å². The fraction of sp³-hybridized carbons (Fsp3) is 0.200. The highest BCUT2D eigenvalue weighted by molar-refractivity contribution is 5.81. The molecular weight excluding hydrogens is 344 g/mol. The van der Waals surface area contributed by atoms with Crippen LogP contribution < -0.4 is 0 Å². The molecule has 3 aromatic rings. The van der Waals surface area contributed by atoms with Crippen LogP contribution in [-0.4, -0.2) is 20.7 Å². The Balaban J connectivity index is 1.71. The van der Waals surface area contributed by atoms with Crippen molar-refractivity contribution in [3.05, 3.63) is 86.9 Å². The molecule has 0 spiro atoms. The van der Waals surface area contributed by atoms with E-state index in [1.54, 1.807) is 18.3 Å². The average molecular weight is 364 g/mol. The Morgan fingerprint density at radius 3 is 2.74 bits per heavy atom. The number of nitro groups is 1. The molecule has 0 radical (unpaired) electrons. The molecular formula is C20H20N4O3. The molecule has 0 amide bonds. The fourth-order valence-corrected chi connectivity index (χ4v) is 2.83. The SMILES string of the molecule is Cc1ccc(-n2c(C)cc(/C=N\OCc3cccc([N+](=O)[O-])c3)c2C)nc1. The highest BCUT2D eigenvalue weighted by Crippen LogP contribution is 2.19. The number of benzene rings is 1. The van der Waals surface area contributed by atoms with Crippen molar-refractivity contribution in [1.29, 1.82) is 0 Å². The number of hydrogen-bond acceptors (Lipinski definition) is 5. The summed E-state index contributed by atoms with van der Waals surface area (Å²) in [5, 5.41) is 14.8. The normalized spacial score (nSPS) is 11.1. The first-order valence-electron chi connectivity index (χ1n) is 8.46. The summed E-state index contributed by atoms with van der Waals surface area (Å²) in [5.41, 5.74) is 4.81. The van der Waals surface area contributed by atoms with Crippen LogP contribution in [0.25, 0.3) is 5.82 Å². The highest BCUT2D eigenvalue weighted by atomic mass is 16.6. The number of nitrogens with zero attached hydrogens (tertiary/aromatic N) is 4. The Morgan fingerprint density at radius 2 is 2.04 bits per heavy atom. The van der Waals surface area contributed by atoms with Gasteiger partial charge in [0.25, 0.3) is 5.69 Å². The molecule has 3 rings (SSSR count). The molecule has 0 unspecified atom stereocenters. The predicted molar refractivity (Wildman–Crippen MR) is 103 cm³/mol. The highest BCUT2D eigenvalue weighted by Gasteiger charge is 2.10. The molecule has 0 saturated carbocycles. The average Bonchev–Trinajstić information content (AvgIpc) is 2.93. The second kappa shape index (κ2) is 7.82. The molecule has 0 fully saturated rings. The van der Waals surface area contributed by atoms with Gasteiger partial charge in [-0.15, -0.1) is 0 Å². The van der Waals surface area contributed by atoms with Gasteiger partial charge in [-0.2, -0.15) is 0 Å². The van der Waals surface area contributed by atoms with E-state index in [0.29, 0.717) is 5.56 Å². The summed E-state index contributed by atoms with van der Waals surface area (Å²) in [7, 11) is 0. The molecule has 7 heteroatoms. The van der Waals surface area contributed by atoms with Gasteiger partial charge in [0.2, 0.25) is 0 Å². The van der Waals surface area contributed by atoms with E-state index in [2.05, 4.69) is 14.7 Å². The molecule has 2 heterocycles.